The van der Waals surface area contributed by atoms with Gasteiger partial charge in [-0.1, -0.05) is 25.5 Å². The highest BCUT2D eigenvalue weighted by Crippen LogP contribution is 2.10. The van der Waals surface area contributed by atoms with Gasteiger partial charge in [0.15, 0.2) is 0 Å². The second kappa shape index (κ2) is 7.12. The van der Waals surface area contributed by atoms with Crippen LogP contribution < -0.4 is 5.32 Å². The van der Waals surface area contributed by atoms with Crippen LogP contribution in [-0.2, 0) is 20.0 Å². The van der Waals surface area contributed by atoms with Gasteiger partial charge in [-0.2, -0.15) is 10.2 Å². The summed E-state index contributed by atoms with van der Waals surface area (Å²) in [6, 6.07) is 11.7. The maximum Gasteiger partial charge on any atom is 0.269 e. The first kappa shape index (κ1) is 16.0. The van der Waals surface area contributed by atoms with Crippen LogP contribution in [0.15, 0.2) is 48.8 Å². The van der Waals surface area contributed by atoms with Crippen LogP contribution in [0, 0.1) is 0 Å². The Balaban J connectivity index is 1.67. The van der Waals surface area contributed by atoms with Crippen molar-refractivity contribution in [3.8, 4) is 5.69 Å². The fraction of sp³-hybridized carbons (Fsp3) is 0.278. The molecule has 24 heavy (non-hydrogen) atoms. The van der Waals surface area contributed by atoms with Crippen LogP contribution in [0.4, 0.5) is 0 Å². The molecule has 0 fully saturated rings. The third-order valence-corrected chi connectivity index (χ3v) is 3.80. The molecular weight excluding hydrogens is 302 g/mol. The normalized spacial score (nSPS) is 10.8. The number of nitrogens with zero attached hydrogens (tertiary/aromatic N) is 4. The van der Waals surface area contributed by atoms with Crippen LogP contribution in [0.2, 0.25) is 0 Å². The summed E-state index contributed by atoms with van der Waals surface area (Å²) in [5, 5.41) is 11.5. The van der Waals surface area contributed by atoms with Crippen molar-refractivity contribution >= 4 is 5.91 Å². The molecule has 6 nitrogen and oxygen atoms in total. The van der Waals surface area contributed by atoms with Crippen molar-refractivity contribution in [3.05, 3.63) is 65.7 Å². The van der Waals surface area contributed by atoms with E-state index >= 15 is 0 Å². The van der Waals surface area contributed by atoms with Crippen LogP contribution >= 0.6 is 0 Å². The van der Waals surface area contributed by atoms with Crippen LogP contribution in [0.25, 0.3) is 5.69 Å². The molecule has 1 N–H and O–H groups in total. The van der Waals surface area contributed by atoms with Crippen molar-refractivity contribution in [2.24, 2.45) is 7.05 Å². The van der Waals surface area contributed by atoms with Gasteiger partial charge in [0.05, 0.1) is 11.4 Å². The fourth-order valence-electron chi connectivity index (χ4n) is 2.62. The van der Waals surface area contributed by atoms with Gasteiger partial charge >= 0.3 is 0 Å². The summed E-state index contributed by atoms with van der Waals surface area (Å²) < 4.78 is 3.43. The first-order chi connectivity index (χ1) is 11.7. The predicted octanol–water partition coefficient (Wildman–Crippen LogP) is 2.49. The molecule has 0 aliphatic carbocycles. The Morgan fingerprint density at radius 2 is 2.12 bits per heavy atom. The highest BCUT2D eigenvalue weighted by molar-refractivity contribution is 5.92. The molecule has 1 amide bonds. The number of rotatable bonds is 6. The van der Waals surface area contributed by atoms with Gasteiger partial charge in [-0.3, -0.25) is 9.48 Å². The molecule has 2 heterocycles. The van der Waals surface area contributed by atoms with E-state index in [9.17, 15) is 4.79 Å². The summed E-state index contributed by atoms with van der Waals surface area (Å²) in [6.45, 7) is 2.56. The van der Waals surface area contributed by atoms with Gasteiger partial charge in [0, 0.05) is 26.0 Å². The molecule has 0 saturated carbocycles. The number of carbonyl (C=O) groups excluding carboxylic acids is 1. The maximum atomic E-state index is 12.4. The first-order valence-corrected chi connectivity index (χ1v) is 8.07. The van der Waals surface area contributed by atoms with E-state index in [-0.39, 0.29) is 5.91 Å². The van der Waals surface area contributed by atoms with Crippen molar-refractivity contribution in [1.29, 1.82) is 0 Å². The van der Waals surface area contributed by atoms with Crippen LogP contribution in [0.1, 0.15) is 35.1 Å². The molecule has 6 heteroatoms. The van der Waals surface area contributed by atoms with E-state index in [1.54, 1.807) is 22.6 Å². The molecule has 0 atom stereocenters. The second-order valence-corrected chi connectivity index (χ2v) is 5.70. The SMILES string of the molecule is CCCc1cc(C(=O)NCc2cccc(-n3cccn3)c2)n(C)n1. The minimum atomic E-state index is -0.114. The molecule has 0 radical (unpaired) electrons. The molecule has 0 saturated heterocycles. The lowest BCUT2D eigenvalue weighted by atomic mass is 10.2. The molecule has 3 aromatic rings. The monoisotopic (exact) mass is 323 g/mol. The smallest absolute Gasteiger partial charge is 0.269 e. The zero-order chi connectivity index (χ0) is 16.9. The highest BCUT2D eigenvalue weighted by atomic mass is 16.2. The number of hydrogen-bond donors (Lipinski definition) is 1. The van der Waals surface area contributed by atoms with Gasteiger partial charge < -0.3 is 5.32 Å². The number of amides is 1. The van der Waals surface area contributed by atoms with Crippen molar-refractivity contribution in [3.63, 3.8) is 0 Å². The van der Waals surface area contributed by atoms with E-state index in [1.165, 1.54) is 0 Å². The van der Waals surface area contributed by atoms with Gasteiger partial charge in [0.1, 0.15) is 5.69 Å². The molecule has 0 aliphatic rings. The Morgan fingerprint density at radius 1 is 1.25 bits per heavy atom. The minimum Gasteiger partial charge on any atom is -0.347 e. The van der Waals surface area contributed by atoms with Gasteiger partial charge in [-0.05, 0) is 36.2 Å². The van der Waals surface area contributed by atoms with E-state index in [0.717, 1.165) is 29.8 Å². The van der Waals surface area contributed by atoms with Crippen LogP contribution in [0.3, 0.4) is 0 Å². The lowest BCUT2D eigenvalue weighted by molar-refractivity contribution is 0.0941. The predicted molar refractivity (Wildman–Crippen MR) is 91.9 cm³/mol. The number of aromatic nitrogens is 4. The zero-order valence-electron chi connectivity index (χ0n) is 13.9. The molecule has 0 bridgehead atoms. The lowest BCUT2D eigenvalue weighted by Crippen LogP contribution is -2.25. The molecule has 1 aromatic carbocycles. The van der Waals surface area contributed by atoms with Crippen LogP contribution in [-0.4, -0.2) is 25.5 Å². The minimum absolute atomic E-state index is 0.114. The summed E-state index contributed by atoms with van der Waals surface area (Å²) in [5.41, 5.74) is 3.53. The fourth-order valence-corrected chi connectivity index (χ4v) is 2.62. The Kier molecular flexibility index (Phi) is 4.74. The van der Waals surface area contributed by atoms with E-state index in [4.69, 9.17) is 0 Å². The first-order valence-electron chi connectivity index (χ1n) is 8.07. The third kappa shape index (κ3) is 3.53. The van der Waals surface area contributed by atoms with Crippen molar-refractivity contribution in [1.82, 2.24) is 24.9 Å². The van der Waals surface area contributed by atoms with E-state index in [0.29, 0.717) is 12.2 Å². The second-order valence-electron chi connectivity index (χ2n) is 5.70. The topological polar surface area (TPSA) is 64.7 Å². The quantitative estimate of drug-likeness (QED) is 0.758. The highest BCUT2D eigenvalue weighted by Gasteiger charge is 2.12. The summed E-state index contributed by atoms with van der Waals surface area (Å²) in [6.07, 6.45) is 5.53. The number of aryl methyl sites for hydroxylation is 2. The Hall–Kier alpha value is -2.89. The number of carbonyl (C=O) groups is 1. The largest absolute Gasteiger partial charge is 0.347 e. The van der Waals surface area contributed by atoms with Crippen molar-refractivity contribution in [2.45, 2.75) is 26.3 Å². The van der Waals surface area contributed by atoms with Crippen LogP contribution in [0.5, 0.6) is 0 Å². The molecular formula is C18H21N5O. The summed E-state index contributed by atoms with van der Waals surface area (Å²) in [5.74, 6) is -0.114. The van der Waals surface area contributed by atoms with E-state index < -0.39 is 0 Å². The van der Waals surface area contributed by atoms with Crippen molar-refractivity contribution in [2.75, 3.05) is 0 Å². The van der Waals surface area contributed by atoms with Gasteiger partial charge in [0.25, 0.3) is 5.91 Å². The zero-order valence-corrected chi connectivity index (χ0v) is 13.9. The van der Waals surface area contributed by atoms with Gasteiger partial charge in [-0.15, -0.1) is 0 Å². The molecule has 0 aliphatic heterocycles. The average Bonchev–Trinajstić information content (AvgIpc) is 3.23. The maximum absolute atomic E-state index is 12.4. The summed E-state index contributed by atoms with van der Waals surface area (Å²) >= 11 is 0. The standard InChI is InChI=1S/C18H21N5O/c1-3-6-15-12-17(22(2)21-15)18(24)19-13-14-7-4-8-16(11-14)23-10-5-9-20-23/h4-5,7-12H,3,6,13H2,1-2H3,(H,19,24). The van der Waals surface area contributed by atoms with Gasteiger partial charge in [0.2, 0.25) is 0 Å². The molecule has 0 unspecified atom stereocenters. The number of nitrogens with one attached hydrogen (secondary N) is 1. The van der Waals surface area contributed by atoms with Crippen molar-refractivity contribution < 1.29 is 4.79 Å². The van der Waals surface area contributed by atoms with Gasteiger partial charge in [-0.25, -0.2) is 4.68 Å². The molecule has 2 aromatic heterocycles. The van der Waals surface area contributed by atoms with E-state index in [1.807, 2.05) is 42.6 Å². The molecule has 3 rings (SSSR count). The Labute approximate surface area is 141 Å². The number of benzene rings is 1. The lowest BCUT2D eigenvalue weighted by Gasteiger charge is -2.07. The number of hydrogen-bond acceptors (Lipinski definition) is 3. The summed E-state index contributed by atoms with van der Waals surface area (Å²) in [7, 11) is 1.80. The Morgan fingerprint density at radius 3 is 2.88 bits per heavy atom. The summed E-state index contributed by atoms with van der Waals surface area (Å²) in [4.78, 5) is 12.4. The van der Waals surface area contributed by atoms with E-state index in [2.05, 4.69) is 22.4 Å². The Bertz CT molecular complexity index is 820. The average molecular weight is 323 g/mol. The third-order valence-electron chi connectivity index (χ3n) is 3.80. The molecule has 0 spiro atoms. The molecule has 124 valence electrons.